The van der Waals surface area contributed by atoms with Gasteiger partial charge in [-0.25, -0.2) is 8.42 Å². The van der Waals surface area contributed by atoms with Crippen LogP contribution in [-0.2, 0) is 32.6 Å². The van der Waals surface area contributed by atoms with Crippen LogP contribution in [0, 0.1) is 6.92 Å². The number of methoxy groups -OCH3 is 1. The number of benzene rings is 3. The number of hydrogen-bond donors (Lipinski definition) is 1. The number of carbonyl (C=O) groups excluding carboxylic acids is 2. The Balaban J connectivity index is 2.06. The Kier molecular flexibility index (Phi) is 9.77. The molecule has 38 heavy (non-hydrogen) atoms. The molecule has 1 N–H and O–H groups in total. The van der Waals surface area contributed by atoms with E-state index in [2.05, 4.69) is 5.32 Å². The van der Waals surface area contributed by atoms with E-state index in [9.17, 15) is 18.0 Å². The molecule has 3 aromatic carbocycles. The van der Waals surface area contributed by atoms with E-state index in [1.54, 1.807) is 42.5 Å². The van der Waals surface area contributed by atoms with Gasteiger partial charge in [-0.3, -0.25) is 13.9 Å². The van der Waals surface area contributed by atoms with Crippen molar-refractivity contribution in [2.75, 3.05) is 31.3 Å². The first kappa shape index (κ1) is 29.0. The van der Waals surface area contributed by atoms with Gasteiger partial charge in [-0.15, -0.1) is 0 Å². The summed E-state index contributed by atoms with van der Waals surface area (Å²) in [6, 6.07) is 20.5. The van der Waals surface area contributed by atoms with Crippen molar-refractivity contribution in [2.24, 2.45) is 0 Å². The van der Waals surface area contributed by atoms with Crippen LogP contribution >= 0.6 is 11.6 Å². The number of halogens is 1. The minimum Gasteiger partial charge on any atom is -0.495 e. The molecule has 3 rings (SSSR count). The molecule has 0 bridgehead atoms. The molecule has 0 aliphatic rings. The molecule has 3 aromatic rings. The zero-order chi connectivity index (χ0) is 27.9. The van der Waals surface area contributed by atoms with Crippen LogP contribution in [0.2, 0.25) is 5.02 Å². The van der Waals surface area contributed by atoms with Crippen LogP contribution in [0.3, 0.4) is 0 Å². The predicted octanol–water partition coefficient (Wildman–Crippen LogP) is 3.81. The van der Waals surface area contributed by atoms with E-state index in [0.717, 1.165) is 27.3 Å². The molecule has 10 heteroatoms. The minimum atomic E-state index is -3.90. The van der Waals surface area contributed by atoms with Crippen LogP contribution in [-0.4, -0.2) is 58.1 Å². The van der Waals surface area contributed by atoms with E-state index in [0.29, 0.717) is 10.8 Å². The summed E-state index contributed by atoms with van der Waals surface area (Å²) < 4.78 is 32.3. The molecule has 1 atom stereocenters. The molecule has 1 unspecified atom stereocenters. The molecular formula is C28H32ClN3O5S. The fraction of sp³-hybridized carbons (Fsp3) is 0.286. The maximum Gasteiger partial charge on any atom is 0.244 e. The van der Waals surface area contributed by atoms with Gasteiger partial charge in [-0.05, 0) is 47.9 Å². The molecule has 202 valence electrons. The highest BCUT2D eigenvalue weighted by Gasteiger charge is 2.33. The SMILES string of the molecule is CNC(=O)C(Cc1ccccc1)N(Cc1ccc(Cl)cc1)C(=O)CN(c1cc(C)ccc1OC)S(C)(=O)=O. The Morgan fingerprint density at radius 3 is 2.24 bits per heavy atom. The molecule has 0 saturated heterocycles. The van der Waals surface area contributed by atoms with Gasteiger partial charge in [0.15, 0.2) is 0 Å². The van der Waals surface area contributed by atoms with Crippen molar-refractivity contribution in [3.05, 3.63) is 94.5 Å². The number of likely N-dealkylation sites (N-methyl/N-ethyl adjacent to an activating group) is 1. The van der Waals surface area contributed by atoms with Gasteiger partial charge in [-0.2, -0.15) is 0 Å². The molecule has 0 spiro atoms. The summed E-state index contributed by atoms with van der Waals surface area (Å²) in [5.74, 6) is -0.598. The van der Waals surface area contributed by atoms with E-state index < -0.39 is 28.5 Å². The average molecular weight is 558 g/mol. The van der Waals surface area contributed by atoms with Gasteiger partial charge in [0.05, 0.1) is 19.1 Å². The molecule has 0 saturated carbocycles. The number of ether oxygens (including phenoxy) is 1. The van der Waals surface area contributed by atoms with Crippen LogP contribution in [0.4, 0.5) is 5.69 Å². The number of carbonyl (C=O) groups is 2. The maximum atomic E-state index is 14.0. The van der Waals surface area contributed by atoms with Crippen molar-refractivity contribution in [1.29, 1.82) is 0 Å². The summed E-state index contributed by atoms with van der Waals surface area (Å²) in [6.07, 6.45) is 1.28. The van der Waals surface area contributed by atoms with Gasteiger partial charge >= 0.3 is 0 Å². The van der Waals surface area contributed by atoms with Crippen molar-refractivity contribution in [1.82, 2.24) is 10.2 Å². The van der Waals surface area contributed by atoms with Gasteiger partial charge in [0.1, 0.15) is 18.3 Å². The first-order chi connectivity index (χ1) is 18.0. The molecule has 0 fully saturated rings. The van der Waals surface area contributed by atoms with Crippen molar-refractivity contribution >= 4 is 39.1 Å². The van der Waals surface area contributed by atoms with Crippen LogP contribution in [0.25, 0.3) is 0 Å². The zero-order valence-electron chi connectivity index (χ0n) is 21.8. The normalized spacial score (nSPS) is 11.9. The van der Waals surface area contributed by atoms with Crippen LogP contribution in [0.15, 0.2) is 72.8 Å². The second-order valence-corrected chi connectivity index (χ2v) is 11.3. The Labute approximate surface area is 229 Å². The smallest absolute Gasteiger partial charge is 0.244 e. The number of hydrogen-bond acceptors (Lipinski definition) is 5. The lowest BCUT2D eigenvalue weighted by molar-refractivity contribution is -0.139. The lowest BCUT2D eigenvalue weighted by Gasteiger charge is -2.33. The van der Waals surface area contributed by atoms with Crippen LogP contribution < -0.4 is 14.4 Å². The molecule has 0 aliphatic heterocycles. The average Bonchev–Trinajstić information content (AvgIpc) is 2.89. The molecule has 0 aliphatic carbocycles. The van der Waals surface area contributed by atoms with Crippen molar-refractivity contribution in [3.63, 3.8) is 0 Å². The summed E-state index contributed by atoms with van der Waals surface area (Å²) in [5, 5.41) is 3.19. The second kappa shape index (κ2) is 12.8. The minimum absolute atomic E-state index is 0.0729. The maximum absolute atomic E-state index is 14.0. The third-order valence-corrected chi connectivity index (χ3v) is 7.44. The Bertz CT molecular complexity index is 1360. The van der Waals surface area contributed by atoms with E-state index in [4.69, 9.17) is 16.3 Å². The van der Waals surface area contributed by atoms with E-state index in [1.807, 2.05) is 37.3 Å². The Morgan fingerprint density at radius 2 is 1.66 bits per heavy atom. The molecule has 0 aromatic heterocycles. The fourth-order valence-corrected chi connectivity index (χ4v) is 5.07. The summed E-state index contributed by atoms with van der Waals surface area (Å²) in [5.41, 5.74) is 2.64. The van der Waals surface area contributed by atoms with Crippen LogP contribution in [0.1, 0.15) is 16.7 Å². The molecule has 0 radical (unpaired) electrons. The summed E-state index contributed by atoms with van der Waals surface area (Å²) in [6.45, 7) is 1.37. The largest absolute Gasteiger partial charge is 0.495 e. The molecule has 2 amide bonds. The zero-order valence-corrected chi connectivity index (χ0v) is 23.4. The number of aryl methyl sites for hydroxylation is 1. The predicted molar refractivity (Wildman–Crippen MR) is 150 cm³/mol. The van der Waals surface area contributed by atoms with E-state index >= 15 is 0 Å². The molecule has 8 nitrogen and oxygen atoms in total. The standard InChI is InChI=1S/C28H32ClN3O5S/c1-20-10-15-26(37-3)24(16-20)32(38(4,35)36)19-27(33)31(18-22-11-13-23(29)14-12-22)25(28(34)30-2)17-21-8-6-5-7-9-21/h5-16,25H,17-19H2,1-4H3,(H,30,34). The quantitative estimate of drug-likeness (QED) is 0.387. The summed E-state index contributed by atoms with van der Waals surface area (Å²) >= 11 is 6.05. The summed E-state index contributed by atoms with van der Waals surface area (Å²) in [4.78, 5) is 28.5. The van der Waals surface area contributed by atoms with Crippen molar-refractivity contribution in [3.8, 4) is 5.75 Å². The van der Waals surface area contributed by atoms with Gasteiger partial charge < -0.3 is 15.0 Å². The highest BCUT2D eigenvalue weighted by molar-refractivity contribution is 7.92. The first-order valence-corrected chi connectivity index (χ1v) is 14.2. The van der Waals surface area contributed by atoms with Gasteiger partial charge in [0, 0.05) is 25.0 Å². The first-order valence-electron chi connectivity index (χ1n) is 11.9. The molecular weight excluding hydrogens is 526 g/mol. The van der Waals surface area contributed by atoms with Crippen LogP contribution in [0.5, 0.6) is 5.75 Å². The fourth-order valence-electron chi connectivity index (χ4n) is 4.10. The van der Waals surface area contributed by atoms with E-state index in [-0.39, 0.29) is 24.6 Å². The van der Waals surface area contributed by atoms with Gasteiger partial charge in [0.25, 0.3) is 0 Å². The van der Waals surface area contributed by atoms with Crippen molar-refractivity contribution < 1.29 is 22.7 Å². The van der Waals surface area contributed by atoms with Gasteiger partial charge in [-0.1, -0.05) is 60.1 Å². The number of nitrogens with zero attached hydrogens (tertiary/aromatic N) is 2. The lowest BCUT2D eigenvalue weighted by Crippen LogP contribution is -2.52. The number of rotatable bonds is 11. The Morgan fingerprint density at radius 1 is 1.00 bits per heavy atom. The number of sulfonamides is 1. The van der Waals surface area contributed by atoms with Crippen molar-refractivity contribution in [2.45, 2.75) is 25.9 Å². The number of amides is 2. The number of nitrogens with one attached hydrogen (secondary N) is 1. The summed E-state index contributed by atoms with van der Waals surface area (Å²) in [7, 11) is -0.956. The second-order valence-electron chi connectivity index (χ2n) is 8.91. The topological polar surface area (TPSA) is 96.0 Å². The molecule has 0 heterocycles. The highest BCUT2D eigenvalue weighted by Crippen LogP contribution is 2.31. The lowest BCUT2D eigenvalue weighted by atomic mass is 10.0. The number of anilines is 1. The van der Waals surface area contributed by atoms with E-state index in [1.165, 1.54) is 19.1 Å². The third kappa shape index (κ3) is 7.49. The Hall–Kier alpha value is -3.56. The highest BCUT2D eigenvalue weighted by atomic mass is 35.5. The monoisotopic (exact) mass is 557 g/mol. The third-order valence-electron chi connectivity index (χ3n) is 6.07. The van der Waals surface area contributed by atoms with Gasteiger partial charge in [0.2, 0.25) is 21.8 Å².